The summed E-state index contributed by atoms with van der Waals surface area (Å²) in [5.41, 5.74) is -0.442. The molecule has 1 aliphatic carbocycles. The molecule has 2 aliphatic rings. The number of likely N-dealkylation sites (tertiary alicyclic amines) is 1. The van der Waals surface area contributed by atoms with E-state index in [1.54, 1.807) is 0 Å². The molecule has 1 aliphatic heterocycles. The number of hydrogen-bond acceptors (Lipinski definition) is 4. The van der Waals surface area contributed by atoms with Crippen LogP contribution in [0.1, 0.15) is 46.5 Å². The maximum atomic E-state index is 12.7. The normalized spacial score (nSPS) is 19.4. The fourth-order valence-electron chi connectivity index (χ4n) is 3.26. The molecule has 1 saturated carbocycles. The van der Waals surface area contributed by atoms with Crippen molar-refractivity contribution in [2.45, 2.75) is 58.1 Å². The number of amides is 1. The monoisotopic (exact) mass is 384 g/mol. The van der Waals surface area contributed by atoms with Gasteiger partial charge in [-0.15, -0.1) is 0 Å². The molecule has 0 aromatic carbocycles. The zero-order valence-corrected chi connectivity index (χ0v) is 17.9. The Balaban J connectivity index is 1.90. The van der Waals surface area contributed by atoms with E-state index >= 15 is 0 Å². The first-order valence-corrected chi connectivity index (χ1v) is 11.2. The smallest absolute Gasteiger partial charge is 0.410 e. The van der Waals surface area contributed by atoms with Crippen LogP contribution in [0.15, 0.2) is 4.99 Å². The van der Waals surface area contributed by atoms with E-state index in [4.69, 9.17) is 4.74 Å². The third kappa shape index (κ3) is 6.89. The molecule has 2 rings (SSSR count). The lowest BCUT2D eigenvalue weighted by atomic mass is 10.0. The van der Waals surface area contributed by atoms with E-state index in [9.17, 15) is 4.79 Å². The molecule has 0 aromatic heterocycles. The highest BCUT2D eigenvalue weighted by molar-refractivity contribution is 7.98. The van der Waals surface area contributed by atoms with Crippen molar-refractivity contribution in [3.8, 4) is 0 Å². The highest BCUT2D eigenvalue weighted by atomic mass is 32.2. The summed E-state index contributed by atoms with van der Waals surface area (Å²) in [5, 5.41) is 3.43. The van der Waals surface area contributed by atoms with Gasteiger partial charge in [-0.25, -0.2) is 4.79 Å². The van der Waals surface area contributed by atoms with Gasteiger partial charge in [-0.2, -0.15) is 11.8 Å². The second-order valence-electron chi connectivity index (χ2n) is 8.26. The number of carbonyl (C=O) groups is 1. The predicted molar refractivity (Wildman–Crippen MR) is 110 cm³/mol. The molecule has 0 bridgehead atoms. The summed E-state index contributed by atoms with van der Waals surface area (Å²) in [7, 11) is 1.84. The fourth-order valence-corrected chi connectivity index (χ4v) is 3.56. The number of thioether (sulfide) groups is 1. The Hall–Kier alpha value is -1.11. The number of rotatable bonds is 6. The molecule has 1 heterocycles. The highest BCUT2D eigenvalue weighted by Crippen LogP contribution is 2.32. The second-order valence-corrected chi connectivity index (χ2v) is 9.25. The van der Waals surface area contributed by atoms with E-state index in [0.717, 1.165) is 50.7 Å². The molecule has 0 atom stereocenters. The zero-order valence-electron chi connectivity index (χ0n) is 17.1. The van der Waals surface area contributed by atoms with Gasteiger partial charge in [0, 0.05) is 45.0 Å². The SMILES string of the molecule is CN=C(NCCSC)N1CCC(N(CC2CC2)C(=O)OC(C)(C)C)CC1. The Labute approximate surface area is 163 Å². The standard InChI is InChI=1S/C19H36N4O2S/c1-19(2,3)25-18(24)23(14-15-6-7-15)16-8-11-22(12-9-16)17(20-4)21-10-13-26-5/h15-16H,6-14H2,1-5H3,(H,20,21). The van der Waals surface area contributed by atoms with Gasteiger partial charge in [0.25, 0.3) is 0 Å². The topological polar surface area (TPSA) is 57.2 Å². The first-order valence-electron chi connectivity index (χ1n) is 9.78. The zero-order chi connectivity index (χ0) is 19.2. The predicted octanol–water partition coefficient (Wildman–Crippen LogP) is 3.04. The average molecular weight is 385 g/mol. The molecule has 1 saturated heterocycles. The summed E-state index contributed by atoms with van der Waals surface area (Å²) >= 11 is 1.83. The molecule has 1 N–H and O–H groups in total. The third-order valence-corrected chi connectivity index (χ3v) is 5.40. The number of nitrogens with zero attached hydrogens (tertiary/aromatic N) is 3. The van der Waals surface area contributed by atoms with Gasteiger partial charge >= 0.3 is 6.09 Å². The van der Waals surface area contributed by atoms with Crippen LogP contribution in [-0.2, 0) is 4.74 Å². The van der Waals surface area contributed by atoms with Crippen LogP contribution in [0.3, 0.4) is 0 Å². The van der Waals surface area contributed by atoms with E-state index in [-0.39, 0.29) is 12.1 Å². The van der Waals surface area contributed by atoms with Crippen LogP contribution in [-0.4, -0.2) is 78.7 Å². The number of aliphatic imine (C=N–C) groups is 1. The lowest BCUT2D eigenvalue weighted by Crippen LogP contribution is -2.52. The van der Waals surface area contributed by atoms with Crippen molar-refractivity contribution >= 4 is 23.8 Å². The molecular weight excluding hydrogens is 348 g/mol. The molecule has 0 aromatic rings. The number of hydrogen-bond donors (Lipinski definition) is 1. The number of carbonyl (C=O) groups excluding carboxylic acids is 1. The van der Waals surface area contributed by atoms with E-state index in [0.29, 0.717) is 5.92 Å². The van der Waals surface area contributed by atoms with E-state index in [1.807, 2.05) is 44.5 Å². The van der Waals surface area contributed by atoms with Crippen molar-refractivity contribution < 1.29 is 9.53 Å². The Kier molecular flexibility index (Phi) is 7.92. The molecule has 150 valence electrons. The van der Waals surface area contributed by atoms with Crippen LogP contribution in [0.2, 0.25) is 0 Å². The molecule has 6 nitrogen and oxygen atoms in total. The summed E-state index contributed by atoms with van der Waals surface area (Å²) in [5.74, 6) is 2.72. The minimum atomic E-state index is -0.442. The van der Waals surface area contributed by atoms with Gasteiger partial charge in [-0.1, -0.05) is 0 Å². The van der Waals surface area contributed by atoms with Gasteiger partial charge in [-0.05, 0) is 58.6 Å². The largest absolute Gasteiger partial charge is 0.444 e. The van der Waals surface area contributed by atoms with Crippen LogP contribution in [0.4, 0.5) is 4.79 Å². The average Bonchev–Trinajstić information content (AvgIpc) is 3.40. The minimum absolute atomic E-state index is 0.148. The van der Waals surface area contributed by atoms with E-state index in [2.05, 4.69) is 21.5 Å². The van der Waals surface area contributed by atoms with Crippen LogP contribution in [0, 0.1) is 5.92 Å². The second kappa shape index (κ2) is 9.72. The van der Waals surface area contributed by atoms with Crippen molar-refractivity contribution in [1.82, 2.24) is 15.1 Å². The van der Waals surface area contributed by atoms with Crippen molar-refractivity contribution in [2.75, 3.05) is 45.2 Å². The van der Waals surface area contributed by atoms with Crippen LogP contribution in [0.5, 0.6) is 0 Å². The minimum Gasteiger partial charge on any atom is -0.444 e. The van der Waals surface area contributed by atoms with Crippen molar-refractivity contribution in [1.29, 1.82) is 0 Å². The molecule has 2 fully saturated rings. The maximum Gasteiger partial charge on any atom is 0.410 e. The Bertz CT molecular complexity index is 480. The fraction of sp³-hybridized carbons (Fsp3) is 0.895. The Morgan fingerprint density at radius 3 is 2.42 bits per heavy atom. The molecular formula is C19H36N4O2S. The number of guanidine groups is 1. The van der Waals surface area contributed by atoms with Gasteiger partial charge in [-0.3, -0.25) is 4.99 Å². The van der Waals surface area contributed by atoms with Gasteiger partial charge in [0.1, 0.15) is 5.60 Å². The quantitative estimate of drug-likeness (QED) is 0.433. The lowest BCUT2D eigenvalue weighted by molar-refractivity contribution is 0.00929. The Morgan fingerprint density at radius 1 is 1.27 bits per heavy atom. The van der Waals surface area contributed by atoms with Gasteiger partial charge in [0.2, 0.25) is 0 Å². The van der Waals surface area contributed by atoms with Crippen LogP contribution in [0.25, 0.3) is 0 Å². The van der Waals surface area contributed by atoms with Crippen LogP contribution >= 0.6 is 11.8 Å². The molecule has 1 amide bonds. The van der Waals surface area contributed by atoms with E-state index < -0.39 is 5.60 Å². The summed E-state index contributed by atoms with van der Waals surface area (Å²) in [6.07, 6.45) is 6.38. The maximum absolute atomic E-state index is 12.7. The van der Waals surface area contributed by atoms with Gasteiger partial charge < -0.3 is 19.9 Å². The summed E-state index contributed by atoms with van der Waals surface area (Å²) in [6.45, 7) is 9.44. The number of ether oxygens (including phenoxy) is 1. The van der Waals surface area contributed by atoms with Crippen molar-refractivity contribution in [2.24, 2.45) is 10.9 Å². The summed E-state index contributed by atoms with van der Waals surface area (Å²) < 4.78 is 5.68. The van der Waals surface area contributed by atoms with Crippen molar-refractivity contribution in [3.63, 3.8) is 0 Å². The third-order valence-electron chi connectivity index (χ3n) is 4.79. The van der Waals surface area contributed by atoms with Crippen molar-refractivity contribution in [3.05, 3.63) is 0 Å². The molecule has 7 heteroatoms. The van der Waals surface area contributed by atoms with Gasteiger partial charge in [0.15, 0.2) is 5.96 Å². The van der Waals surface area contributed by atoms with E-state index in [1.165, 1.54) is 12.8 Å². The number of nitrogens with one attached hydrogen (secondary N) is 1. The Morgan fingerprint density at radius 2 is 1.92 bits per heavy atom. The first-order chi connectivity index (χ1) is 12.3. The van der Waals surface area contributed by atoms with Crippen LogP contribution < -0.4 is 5.32 Å². The molecule has 0 radical (unpaired) electrons. The molecule has 0 spiro atoms. The highest BCUT2D eigenvalue weighted by Gasteiger charge is 2.35. The molecule has 26 heavy (non-hydrogen) atoms. The summed E-state index contributed by atoms with van der Waals surface area (Å²) in [4.78, 5) is 21.4. The molecule has 0 unspecified atom stereocenters. The first kappa shape index (κ1) is 21.2. The summed E-state index contributed by atoms with van der Waals surface area (Å²) in [6, 6.07) is 0.269. The van der Waals surface area contributed by atoms with Gasteiger partial charge in [0.05, 0.1) is 0 Å². The lowest BCUT2D eigenvalue weighted by Gasteiger charge is -2.40. The number of piperidine rings is 1.